The van der Waals surface area contributed by atoms with Crippen LogP contribution in [0.25, 0.3) is 5.57 Å². The highest BCUT2D eigenvalue weighted by Gasteiger charge is 2.35. The molecule has 0 heterocycles. The summed E-state index contributed by atoms with van der Waals surface area (Å²) in [5.74, 6) is -0.212. The molecule has 0 amide bonds. The van der Waals surface area contributed by atoms with Crippen molar-refractivity contribution in [2.45, 2.75) is 31.5 Å². The van der Waals surface area contributed by atoms with Gasteiger partial charge in [-0.3, -0.25) is 4.79 Å². The molecule has 2 aromatic carbocycles. The van der Waals surface area contributed by atoms with E-state index in [0.29, 0.717) is 17.4 Å². The standard InChI is InChI=1S/C22H16F6O3/c1-20(30-18-8-4-16(5-9-18)21(23,24)25)11-10-15(12-17(20)13-29)14-2-6-19(7-3-14)31-22(26,27)28/h2-10,12-13H,11H2,1H3. The van der Waals surface area contributed by atoms with Gasteiger partial charge in [-0.1, -0.05) is 18.2 Å². The fraction of sp³-hybridized carbons (Fsp3) is 0.227. The molecule has 0 saturated carbocycles. The van der Waals surface area contributed by atoms with E-state index in [1.54, 1.807) is 13.0 Å². The summed E-state index contributed by atoms with van der Waals surface area (Å²) in [7, 11) is 0. The van der Waals surface area contributed by atoms with E-state index in [1.807, 2.05) is 0 Å². The minimum Gasteiger partial charge on any atom is -0.482 e. The van der Waals surface area contributed by atoms with E-state index < -0.39 is 23.7 Å². The molecule has 3 nitrogen and oxygen atoms in total. The topological polar surface area (TPSA) is 35.5 Å². The van der Waals surface area contributed by atoms with Crippen molar-refractivity contribution in [2.75, 3.05) is 0 Å². The van der Waals surface area contributed by atoms with Crippen LogP contribution in [0.15, 0.2) is 66.3 Å². The fourth-order valence-corrected chi connectivity index (χ4v) is 3.08. The number of alkyl halides is 6. The minimum atomic E-state index is -4.80. The number of ether oxygens (including phenoxy) is 2. The highest BCUT2D eigenvalue weighted by Crippen LogP contribution is 2.37. The van der Waals surface area contributed by atoms with Gasteiger partial charge in [0.25, 0.3) is 0 Å². The Bertz CT molecular complexity index is 1000. The quantitative estimate of drug-likeness (QED) is 0.400. The first kappa shape index (κ1) is 22.5. The summed E-state index contributed by atoms with van der Waals surface area (Å²) in [6.07, 6.45) is -5.21. The molecule has 0 saturated heterocycles. The van der Waals surface area contributed by atoms with Gasteiger partial charge in [0.2, 0.25) is 0 Å². The smallest absolute Gasteiger partial charge is 0.482 e. The van der Waals surface area contributed by atoms with Crippen molar-refractivity contribution in [3.8, 4) is 11.5 Å². The first-order valence-electron chi connectivity index (χ1n) is 9.00. The molecule has 1 atom stereocenters. The van der Waals surface area contributed by atoms with Crippen molar-refractivity contribution in [3.63, 3.8) is 0 Å². The number of rotatable bonds is 5. The maximum Gasteiger partial charge on any atom is 0.573 e. The normalized spacial score (nSPS) is 19.3. The average Bonchev–Trinajstić information content (AvgIpc) is 2.67. The zero-order valence-corrected chi connectivity index (χ0v) is 16.1. The molecule has 1 aliphatic carbocycles. The van der Waals surface area contributed by atoms with Gasteiger partial charge in [-0.2, -0.15) is 13.2 Å². The summed E-state index contributed by atoms with van der Waals surface area (Å²) in [6.45, 7) is 1.62. The number of hydrogen-bond donors (Lipinski definition) is 0. The van der Waals surface area contributed by atoms with Gasteiger partial charge >= 0.3 is 12.5 Å². The van der Waals surface area contributed by atoms with Crippen molar-refractivity contribution in [2.24, 2.45) is 0 Å². The van der Waals surface area contributed by atoms with Crippen LogP contribution in [-0.2, 0) is 11.0 Å². The van der Waals surface area contributed by atoms with Gasteiger partial charge in [-0.05, 0) is 60.5 Å². The third-order valence-corrected chi connectivity index (χ3v) is 4.71. The SMILES string of the molecule is CC1(Oc2ccc(C(F)(F)F)cc2)CC=C(c2ccc(OC(F)(F)F)cc2)C=C1C=O. The van der Waals surface area contributed by atoms with Crippen LogP contribution in [0.5, 0.6) is 11.5 Å². The van der Waals surface area contributed by atoms with Crippen molar-refractivity contribution in [1.82, 2.24) is 0 Å². The van der Waals surface area contributed by atoms with E-state index in [9.17, 15) is 31.1 Å². The molecule has 0 fully saturated rings. The first-order chi connectivity index (χ1) is 14.4. The van der Waals surface area contributed by atoms with Crippen LogP contribution in [0.3, 0.4) is 0 Å². The summed E-state index contributed by atoms with van der Waals surface area (Å²) < 4.78 is 84.6. The van der Waals surface area contributed by atoms with Gasteiger partial charge < -0.3 is 9.47 Å². The predicted octanol–water partition coefficient (Wildman–Crippen LogP) is 6.35. The van der Waals surface area contributed by atoms with E-state index in [-0.39, 0.29) is 23.5 Å². The molecule has 0 aromatic heterocycles. The largest absolute Gasteiger partial charge is 0.573 e. The van der Waals surface area contributed by atoms with Gasteiger partial charge in [-0.15, -0.1) is 13.2 Å². The molecule has 2 aromatic rings. The van der Waals surface area contributed by atoms with Crippen molar-refractivity contribution >= 4 is 11.9 Å². The van der Waals surface area contributed by atoms with E-state index >= 15 is 0 Å². The van der Waals surface area contributed by atoms with E-state index in [4.69, 9.17) is 4.74 Å². The third-order valence-electron chi connectivity index (χ3n) is 4.71. The average molecular weight is 442 g/mol. The van der Waals surface area contributed by atoms with Gasteiger partial charge in [0, 0.05) is 12.0 Å². The summed E-state index contributed by atoms with van der Waals surface area (Å²) in [6, 6.07) is 9.28. The lowest BCUT2D eigenvalue weighted by Gasteiger charge is -2.33. The van der Waals surface area contributed by atoms with Crippen molar-refractivity contribution in [3.05, 3.63) is 77.4 Å². The summed E-state index contributed by atoms with van der Waals surface area (Å²) in [5, 5.41) is 0. The molecule has 0 aliphatic heterocycles. The second kappa shape index (κ2) is 8.13. The molecular weight excluding hydrogens is 426 g/mol. The maximum absolute atomic E-state index is 12.7. The van der Waals surface area contributed by atoms with Gasteiger partial charge in [0.05, 0.1) is 5.56 Å². The molecular formula is C22H16F6O3. The minimum absolute atomic E-state index is 0.161. The zero-order valence-electron chi connectivity index (χ0n) is 16.1. The van der Waals surface area contributed by atoms with Crippen molar-refractivity contribution in [1.29, 1.82) is 0 Å². The van der Waals surface area contributed by atoms with Crippen LogP contribution < -0.4 is 9.47 Å². The lowest BCUT2D eigenvalue weighted by atomic mass is 9.84. The fourth-order valence-electron chi connectivity index (χ4n) is 3.08. The summed E-state index contributed by atoms with van der Waals surface area (Å²) in [5.41, 5.74) is -0.551. The lowest BCUT2D eigenvalue weighted by molar-refractivity contribution is -0.274. The Labute approximate surface area is 173 Å². The zero-order chi connectivity index (χ0) is 22.9. The Kier molecular flexibility index (Phi) is 5.89. The Balaban J connectivity index is 1.78. The van der Waals surface area contributed by atoms with E-state index in [0.717, 1.165) is 24.3 Å². The number of carbonyl (C=O) groups is 1. The Morgan fingerprint density at radius 3 is 2.00 bits per heavy atom. The molecule has 0 spiro atoms. The summed E-state index contributed by atoms with van der Waals surface area (Å²) in [4.78, 5) is 11.7. The number of benzene rings is 2. The Morgan fingerprint density at radius 1 is 0.903 bits per heavy atom. The number of carbonyl (C=O) groups excluding carboxylic acids is 1. The third kappa shape index (κ3) is 5.48. The van der Waals surface area contributed by atoms with Gasteiger partial charge in [-0.25, -0.2) is 0 Å². The molecule has 9 heteroatoms. The number of allylic oxidation sites excluding steroid dienone is 2. The van der Waals surface area contributed by atoms with Crippen LogP contribution in [0, 0.1) is 0 Å². The molecule has 1 aliphatic rings. The van der Waals surface area contributed by atoms with Crippen LogP contribution in [0.2, 0.25) is 0 Å². The number of aldehydes is 1. The van der Waals surface area contributed by atoms with Crippen molar-refractivity contribution < 1.29 is 40.6 Å². The predicted molar refractivity (Wildman–Crippen MR) is 100 cm³/mol. The molecule has 3 rings (SSSR count). The Morgan fingerprint density at radius 2 is 1.48 bits per heavy atom. The molecule has 31 heavy (non-hydrogen) atoms. The lowest BCUT2D eigenvalue weighted by Crippen LogP contribution is -2.36. The van der Waals surface area contributed by atoms with Crippen LogP contribution in [-0.4, -0.2) is 18.2 Å². The molecule has 0 bridgehead atoms. The van der Waals surface area contributed by atoms with Gasteiger partial charge in [0.15, 0.2) is 0 Å². The number of halogens is 6. The van der Waals surface area contributed by atoms with Crippen LogP contribution >= 0.6 is 0 Å². The molecule has 164 valence electrons. The first-order valence-corrected chi connectivity index (χ1v) is 9.00. The van der Waals surface area contributed by atoms with Crippen LogP contribution in [0.4, 0.5) is 26.3 Å². The second-order valence-electron chi connectivity index (χ2n) is 7.01. The maximum atomic E-state index is 12.7. The molecule has 0 N–H and O–H groups in total. The van der Waals surface area contributed by atoms with E-state index in [2.05, 4.69) is 4.74 Å². The molecule has 1 unspecified atom stereocenters. The Hall–Kier alpha value is -3.23. The second-order valence-corrected chi connectivity index (χ2v) is 7.01. The monoisotopic (exact) mass is 442 g/mol. The summed E-state index contributed by atoms with van der Waals surface area (Å²) >= 11 is 0. The highest BCUT2D eigenvalue weighted by atomic mass is 19.4. The van der Waals surface area contributed by atoms with Crippen LogP contribution in [0.1, 0.15) is 24.5 Å². The van der Waals surface area contributed by atoms with E-state index in [1.165, 1.54) is 30.3 Å². The highest BCUT2D eigenvalue weighted by molar-refractivity contribution is 5.87. The number of hydrogen-bond acceptors (Lipinski definition) is 3. The van der Waals surface area contributed by atoms with Gasteiger partial charge in [0.1, 0.15) is 23.4 Å². The molecule has 0 radical (unpaired) electrons.